The molecule has 0 aromatic heterocycles. The number of halogens is 3. The molecule has 1 heterocycles. The van der Waals surface area contributed by atoms with Gasteiger partial charge in [-0.25, -0.2) is 13.2 Å². The first-order valence-corrected chi connectivity index (χ1v) is 6.76. The molecule has 1 aromatic rings. The molecule has 1 fully saturated rings. The molecule has 1 atom stereocenters. The number of piperazine rings is 1. The number of aliphatic hydroxyl groups excluding tert-OH is 1. The van der Waals surface area contributed by atoms with Gasteiger partial charge < -0.3 is 15.2 Å². The van der Waals surface area contributed by atoms with Gasteiger partial charge in [-0.05, 0) is 6.07 Å². The summed E-state index contributed by atoms with van der Waals surface area (Å²) in [7, 11) is 1.31. The van der Waals surface area contributed by atoms with Crippen molar-refractivity contribution >= 4 is 0 Å². The molecular weight excluding hydrogens is 285 g/mol. The minimum Gasteiger partial charge on any atom is -0.496 e. The van der Waals surface area contributed by atoms with E-state index in [0.29, 0.717) is 26.2 Å². The van der Waals surface area contributed by atoms with Crippen LogP contribution in [0.2, 0.25) is 0 Å². The van der Waals surface area contributed by atoms with Crippen molar-refractivity contribution in [3.8, 4) is 5.75 Å². The maximum Gasteiger partial charge on any atom is 0.290 e. The molecule has 0 bridgehead atoms. The van der Waals surface area contributed by atoms with Gasteiger partial charge in [0.25, 0.3) is 5.92 Å². The molecule has 21 heavy (non-hydrogen) atoms. The number of nitrogens with zero attached hydrogens (tertiary/aromatic N) is 1. The van der Waals surface area contributed by atoms with Gasteiger partial charge in [-0.3, -0.25) is 4.90 Å². The Bertz CT molecular complexity index is 479. The molecule has 1 aliphatic heterocycles. The lowest BCUT2D eigenvalue weighted by Gasteiger charge is -2.39. The van der Waals surface area contributed by atoms with Crippen LogP contribution in [0.1, 0.15) is 11.6 Å². The zero-order valence-corrected chi connectivity index (χ0v) is 11.8. The van der Waals surface area contributed by atoms with Gasteiger partial charge in [0, 0.05) is 37.8 Å². The molecule has 7 heteroatoms. The zero-order valence-electron chi connectivity index (χ0n) is 11.8. The Morgan fingerprint density at radius 3 is 2.62 bits per heavy atom. The van der Waals surface area contributed by atoms with Gasteiger partial charge in [0.15, 0.2) is 0 Å². The number of hydrogen-bond acceptors (Lipinski definition) is 4. The highest BCUT2D eigenvalue weighted by Gasteiger charge is 2.45. The molecule has 0 amide bonds. The average molecular weight is 304 g/mol. The molecule has 0 aliphatic carbocycles. The Morgan fingerprint density at radius 2 is 2.05 bits per heavy atom. The smallest absolute Gasteiger partial charge is 0.290 e. The van der Waals surface area contributed by atoms with Crippen molar-refractivity contribution in [2.24, 2.45) is 0 Å². The largest absolute Gasteiger partial charge is 0.496 e. The highest BCUT2D eigenvalue weighted by Crippen LogP contribution is 2.40. The highest BCUT2D eigenvalue weighted by molar-refractivity contribution is 5.38. The number of aliphatic hydroxyl groups is 1. The minimum atomic E-state index is -3.34. The molecule has 1 aromatic carbocycles. The van der Waals surface area contributed by atoms with Gasteiger partial charge in [0.1, 0.15) is 24.2 Å². The SMILES string of the molecule is COc1cc(F)ccc1[C@H](N1CCNCC1)C(F)(F)CO. The summed E-state index contributed by atoms with van der Waals surface area (Å²) in [5.41, 5.74) is 0.180. The van der Waals surface area contributed by atoms with Crippen LogP contribution in [0.4, 0.5) is 13.2 Å². The summed E-state index contributed by atoms with van der Waals surface area (Å²) in [5.74, 6) is -3.84. The predicted octanol–water partition coefficient (Wildman–Crippen LogP) is 1.41. The van der Waals surface area contributed by atoms with Crippen LogP contribution in [-0.4, -0.2) is 55.8 Å². The highest BCUT2D eigenvalue weighted by atomic mass is 19.3. The Kier molecular flexibility index (Phi) is 5.08. The summed E-state index contributed by atoms with van der Waals surface area (Å²) in [6.45, 7) is 0.729. The number of methoxy groups -OCH3 is 1. The van der Waals surface area contributed by atoms with Crippen molar-refractivity contribution in [1.82, 2.24) is 10.2 Å². The normalized spacial score (nSPS) is 18.5. The first-order valence-electron chi connectivity index (χ1n) is 6.76. The first kappa shape index (κ1) is 16.1. The summed E-state index contributed by atoms with van der Waals surface area (Å²) in [4.78, 5) is 1.59. The van der Waals surface area contributed by atoms with E-state index in [2.05, 4.69) is 5.32 Å². The molecule has 4 nitrogen and oxygen atoms in total. The second kappa shape index (κ2) is 6.64. The van der Waals surface area contributed by atoms with E-state index in [1.54, 1.807) is 4.90 Å². The summed E-state index contributed by atoms with van der Waals surface area (Å²) in [5, 5.41) is 12.2. The van der Waals surface area contributed by atoms with Gasteiger partial charge in [-0.1, -0.05) is 6.07 Å². The van der Waals surface area contributed by atoms with Crippen molar-refractivity contribution < 1.29 is 23.0 Å². The molecule has 0 spiro atoms. The second-order valence-corrected chi connectivity index (χ2v) is 4.99. The third-order valence-corrected chi connectivity index (χ3v) is 3.62. The van der Waals surface area contributed by atoms with E-state index < -0.39 is 24.4 Å². The minimum absolute atomic E-state index is 0.0617. The molecule has 0 radical (unpaired) electrons. The average Bonchev–Trinajstić information content (AvgIpc) is 2.50. The molecule has 1 saturated heterocycles. The van der Waals surface area contributed by atoms with Crippen molar-refractivity contribution in [2.45, 2.75) is 12.0 Å². The van der Waals surface area contributed by atoms with Gasteiger partial charge in [-0.2, -0.15) is 0 Å². The molecule has 0 unspecified atom stereocenters. The molecule has 2 rings (SSSR count). The van der Waals surface area contributed by atoms with Crippen LogP contribution >= 0.6 is 0 Å². The molecule has 2 N–H and O–H groups in total. The van der Waals surface area contributed by atoms with Gasteiger partial charge in [0.2, 0.25) is 0 Å². The van der Waals surface area contributed by atoms with Crippen molar-refractivity contribution in [3.63, 3.8) is 0 Å². The number of nitrogens with one attached hydrogen (secondary N) is 1. The Morgan fingerprint density at radius 1 is 1.38 bits per heavy atom. The Labute approximate surface area is 121 Å². The van der Waals surface area contributed by atoms with E-state index in [9.17, 15) is 13.2 Å². The third-order valence-electron chi connectivity index (χ3n) is 3.62. The lowest BCUT2D eigenvalue weighted by Crippen LogP contribution is -2.51. The zero-order chi connectivity index (χ0) is 15.5. The second-order valence-electron chi connectivity index (χ2n) is 4.99. The fourth-order valence-corrected chi connectivity index (χ4v) is 2.63. The lowest BCUT2D eigenvalue weighted by atomic mass is 9.97. The number of ether oxygens (including phenoxy) is 1. The Balaban J connectivity index is 2.43. The van der Waals surface area contributed by atoms with Crippen LogP contribution in [0.3, 0.4) is 0 Å². The number of hydrogen-bond donors (Lipinski definition) is 2. The summed E-state index contributed by atoms with van der Waals surface area (Å²) < 4.78 is 46.8. The van der Waals surface area contributed by atoms with Gasteiger partial charge in [0.05, 0.1) is 7.11 Å². The predicted molar refractivity (Wildman–Crippen MR) is 72.2 cm³/mol. The number of rotatable bonds is 5. The van der Waals surface area contributed by atoms with Crippen LogP contribution in [0.5, 0.6) is 5.75 Å². The van der Waals surface area contributed by atoms with Crippen LogP contribution in [0, 0.1) is 5.82 Å². The fraction of sp³-hybridized carbons (Fsp3) is 0.571. The quantitative estimate of drug-likeness (QED) is 0.863. The monoisotopic (exact) mass is 304 g/mol. The van der Waals surface area contributed by atoms with Crippen LogP contribution in [0.25, 0.3) is 0 Å². The Hall–Kier alpha value is -1.31. The molecule has 118 valence electrons. The van der Waals surface area contributed by atoms with E-state index >= 15 is 0 Å². The van der Waals surface area contributed by atoms with Crippen molar-refractivity contribution in [1.29, 1.82) is 0 Å². The molecule has 1 aliphatic rings. The molecular formula is C14H19F3N2O2. The summed E-state index contributed by atoms with van der Waals surface area (Å²) in [6.07, 6.45) is 0. The van der Waals surface area contributed by atoms with Crippen LogP contribution < -0.4 is 10.1 Å². The van der Waals surface area contributed by atoms with E-state index in [1.165, 1.54) is 13.2 Å². The summed E-state index contributed by atoms with van der Waals surface area (Å²) >= 11 is 0. The summed E-state index contributed by atoms with van der Waals surface area (Å²) in [6, 6.07) is 2.16. The standard InChI is InChI=1S/C14H19F3N2O2/c1-21-12-8-10(15)2-3-11(12)13(14(16,17)9-20)19-6-4-18-5-7-19/h2-3,8,13,18,20H,4-7,9H2,1H3/t13-/m0/s1. The van der Waals surface area contributed by atoms with E-state index in [-0.39, 0.29) is 11.3 Å². The topological polar surface area (TPSA) is 44.7 Å². The van der Waals surface area contributed by atoms with E-state index in [0.717, 1.165) is 12.1 Å². The first-order chi connectivity index (χ1) is 9.99. The fourth-order valence-electron chi connectivity index (χ4n) is 2.63. The number of alkyl halides is 2. The van der Waals surface area contributed by atoms with E-state index in [4.69, 9.17) is 9.84 Å². The number of benzene rings is 1. The van der Waals surface area contributed by atoms with Crippen molar-refractivity contribution in [3.05, 3.63) is 29.6 Å². The maximum absolute atomic E-state index is 14.2. The van der Waals surface area contributed by atoms with E-state index in [1.807, 2.05) is 0 Å². The third kappa shape index (κ3) is 3.48. The lowest BCUT2D eigenvalue weighted by molar-refractivity contribution is -0.119. The molecule has 0 saturated carbocycles. The maximum atomic E-state index is 14.2. The van der Waals surface area contributed by atoms with Gasteiger partial charge >= 0.3 is 0 Å². The van der Waals surface area contributed by atoms with Crippen molar-refractivity contribution in [2.75, 3.05) is 39.9 Å². The van der Waals surface area contributed by atoms with Crippen LogP contribution in [0.15, 0.2) is 18.2 Å². The van der Waals surface area contributed by atoms with Gasteiger partial charge in [-0.15, -0.1) is 0 Å². The van der Waals surface area contributed by atoms with Crippen LogP contribution in [-0.2, 0) is 0 Å².